The lowest BCUT2D eigenvalue weighted by atomic mass is 9.98. The van der Waals surface area contributed by atoms with Crippen molar-refractivity contribution in [2.75, 3.05) is 112 Å². The summed E-state index contributed by atoms with van der Waals surface area (Å²) in [4.78, 5) is 12.4. The van der Waals surface area contributed by atoms with E-state index in [1.165, 1.54) is 34.4 Å². The highest BCUT2D eigenvalue weighted by molar-refractivity contribution is 7.86. The summed E-state index contributed by atoms with van der Waals surface area (Å²) >= 11 is 0. The smallest absolute Gasteiger partial charge is 0.407 e. The second kappa shape index (κ2) is 24.7. The molecule has 14 heteroatoms. The molecule has 0 aromatic heterocycles. The number of carbonyl (C=O) groups excluding carboxylic acids is 1. The van der Waals surface area contributed by atoms with Crippen molar-refractivity contribution in [2.45, 2.75) is 17.2 Å². The summed E-state index contributed by atoms with van der Waals surface area (Å²) in [6, 6.07) is 24.5. The Labute approximate surface area is 306 Å². The Balaban J connectivity index is 0.826. The topological polar surface area (TPSA) is 146 Å². The molecule has 1 aliphatic carbocycles. The molecular weight excluding hydrogens is 694 g/mol. The highest BCUT2D eigenvalue weighted by Crippen LogP contribution is 2.44. The molecule has 0 spiro atoms. The largest absolute Gasteiger partial charge is 0.449 e. The number of carbonyl (C=O) groups is 1. The van der Waals surface area contributed by atoms with Gasteiger partial charge >= 0.3 is 6.09 Å². The Bertz CT molecular complexity index is 1480. The van der Waals surface area contributed by atoms with E-state index in [-0.39, 0.29) is 24.0 Å². The van der Waals surface area contributed by atoms with Crippen molar-refractivity contribution in [3.05, 3.63) is 90.0 Å². The van der Waals surface area contributed by atoms with Gasteiger partial charge in [-0.3, -0.25) is 4.18 Å². The predicted molar refractivity (Wildman–Crippen MR) is 193 cm³/mol. The van der Waals surface area contributed by atoms with Crippen LogP contribution in [0, 0.1) is 0 Å². The highest BCUT2D eigenvalue weighted by atomic mass is 32.2. The number of nitrogens with one attached hydrogen (secondary N) is 1. The third-order valence-corrected chi connectivity index (χ3v) is 9.14. The molecule has 0 atom stereocenters. The van der Waals surface area contributed by atoms with Gasteiger partial charge in [0.05, 0.1) is 97.4 Å². The van der Waals surface area contributed by atoms with Gasteiger partial charge in [0.25, 0.3) is 10.1 Å². The van der Waals surface area contributed by atoms with Gasteiger partial charge in [-0.1, -0.05) is 66.7 Å². The Morgan fingerprint density at radius 2 is 0.923 bits per heavy atom. The molecule has 1 aliphatic rings. The molecule has 3 aromatic carbocycles. The Hall–Kier alpha value is -3.44. The number of rotatable bonds is 29. The van der Waals surface area contributed by atoms with E-state index in [9.17, 15) is 13.2 Å². The van der Waals surface area contributed by atoms with Gasteiger partial charge < -0.3 is 43.2 Å². The number of hydrogen-bond acceptors (Lipinski definition) is 12. The van der Waals surface area contributed by atoms with Gasteiger partial charge in [-0.25, -0.2) is 4.79 Å². The fraction of sp³-hybridized carbons (Fsp3) is 0.500. The fourth-order valence-corrected chi connectivity index (χ4v) is 6.21. The van der Waals surface area contributed by atoms with Crippen molar-refractivity contribution in [3.8, 4) is 11.1 Å². The number of fused-ring (bicyclic) bond motifs is 3. The van der Waals surface area contributed by atoms with Crippen molar-refractivity contribution in [2.24, 2.45) is 0 Å². The minimum atomic E-state index is -3.76. The van der Waals surface area contributed by atoms with E-state index in [1.807, 2.05) is 24.3 Å². The number of ether oxygens (including phenoxy) is 8. The van der Waals surface area contributed by atoms with Crippen molar-refractivity contribution in [3.63, 3.8) is 0 Å². The van der Waals surface area contributed by atoms with Crippen molar-refractivity contribution >= 4 is 16.2 Å². The summed E-state index contributed by atoms with van der Waals surface area (Å²) in [5, 5.41) is 2.80. The van der Waals surface area contributed by atoms with Crippen LogP contribution in [-0.2, 0) is 52.2 Å². The average Bonchev–Trinajstić information content (AvgIpc) is 3.49. The van der Waals surface area contributed by atoms with Gasteiger partial charge in [0, 0.05) is 19.1 Å². The molecular formula is C38H51NO12S. The van der Waals surface area contributed by atoms with Crippen molar-refractivity contribution < 1.29 is 55.3 Å². The molecule has 0 aliphatic heterocycles. The number of alkyl carbamates (subject to hydrolysis) is 1. The van der Waals surface area contributed by atoms with Crippen LogP contribution < -0.4 is 5.32 Å². The normalized spacial score (nSPS) is 12.5. The molecule has 0 bridgehead atoms. The van der Waals surface area contributed by atoms with Crippen LogP contribution in [0.2, 0.25) is 0 Å². The molecule has 1 N–H and O–H groups in total. The predicted octanol–water partition coefficient (Wildman–Crippen LogP) is 4.44. The van der Waals surface area contributed by atoms with Gasteiger partial charge in [0.15, 0.2) is 0 Å². The Morgan fingerprint density at radius 1 is 0.519 bits per heavy atom. The first kappa shape index (κ1) is 41.3. The monoisotopic (exact) mass is 745 g/mol. The zero-order valence-corrected chi connectivity index (χ0v) is 30.4. The third-order valence-electron chi connectivity index (χ3n) is 7.81. The minimum absolute atomic E-state index is 0.0426. The lowest BCUT2D eigenvalue weighted by molar-refractivity contribution is -0.0212. The van der Waals surface area contributed by atoms with Gasteiger partial charge in [-0.05, 0) is 40.8 Å². The lowest BCUT2D eigenvalue weighted by Gasteiger charge is -2.14. The van der Waals surface area contributed by atoms with Crippen LogP contribution in [0.5, 0.6) is 0 Å². The maximum atomic E-state index is 12.3. The molecule has 0 fully saturated rings. The molecule has 286 valence electrons. The molecule has 4 rings (SSSR count). The number of amides is 1. The molecule has 0 heterocycles. The van der Waals surface area contributed by atoms with E-state index in [4.69, 9.17) is 42.1 Å². The summed E-state index contributed by atoms with van der Waals surface area (Å²) in [6.45, 7) is 6.56. The molecule has 3 aromatic rings. The van der Waals surface area contributed by atoms with E-state index >= 15 is 0 Å². The summed E-state index contributed by atoms with van der Waals surface area (Å²) in [5.41, 5.74) is 4.78. The van der Waals surface area contributed by atoms with Crippen LogP contribution in [0.4, 0.5) is 4.79 Å². The van der Waals surface area contributed by atoms with E-state index < -0.39 is 16.2 Å². The van der Waals surface area contributed by atoms with Crippen LogP contribution in [0.1, 0.15) is 23.5 Å². The molecule has 52 heavy (non-hydrogen) atoms. The van der Waals surface area contributed by atoms with Crippen molar-refractivity contribution in [1.82, 2.24) is 5.32 Å². The molecule has 0 saturated carbocycles. The maximum absolute atomic E-state index is 12.3. The Kier molecular flexibility index (Phi) is 19.7. The first-order chi connectivity index (χ1) is 25.6. The average molecular weight is 746 g/mol. The van der Waals surface area contributed by atoms with E-state index in [0.29, 0.717) is 105 Å². The summed E-state index contributed by atoms with van der Waals surface area (Å²) in [5.74, 6) is 0.0426. The minimum Gasteiger partial charge on any atom is -0.449 e. The van der Waals surface area contributed by atoms with Crippen LogP contribution in [0.25, 0.3) is 11.1 Å². The van der Waals surface area contributed by atoms with Gasteiger partial charge in [-0.15, -0.1) is 0 Å². The van der Waals surface area contributed by atoms with E-state index in [0.717, 1.165) is 0 Å². The number of hydrogen-bond donors (Lipinski definition) is 1. The highest BCUT2D eigenvalue weighted by Gasteiger charge is 2.29. The van der Waals surface area contributed by atoms with Crippen LogP contribution in [0.15, 0.2) is 83.8 Å². The zero-order valence-electron chi connectivity index (χ0n) is 29.6. The van der Waals surface area contributed by atoms with Gasteiger partial charge in [0.1, 0.15) is 6.61 Å². The quantitative estimate of drug-likeness (QED) is 0.0792. The first-order valence-corrected chi connectivity index (χ1v) is 19.0. The molecule has 0 saturated heterocycles. The summed E-state index contributed by atoms with van der Waals surface area (Å²) in [6.07, 6.45) is 0.250. The van der Waals surface area contributed by atoms with Gasteiger partial charge in [-0.2, -0.15) is 8.42 Å². The summed E-state index contributed by atoms with van der Waals surface area (Å²) in [7, 11) is -3.76. The molecule has 0 radical (unpaired) electrons. The van der Waals surface area contributed by atoms with Crippen LogP contribution >= 0.6 is 0 Å². The second-order valence-electron chi connectivity index (χ2n) is 11.5. The van der Waals surface area contributed by atoms with Gasteiger partial charge in [0.2, 0.25) is 0 Å². The maximum Gasteiger partial charge on any atom is 0.407 e. The standard InChI is InChI=1S/C38H51NO12S/c40-38(50-31-37-35-13-6-4-11-33(35)34-12-5-7-14-36(34)37)39-15-8-16-43-17-18-44-19-20-45-21-22-46-23-24-47-25-26-48-27-28-49-29-30-51-52(41,42)32-9-2-1-3-10-32/h1-7,9-14,37H,8,15-31H2,(H,39,40). The fourth-order valence-electron chi connectivity index (χ4n) is 5.29. The van der Waals surface area contributed by atoms with Crippen molar-refractivity contribution in [1.29, 1.82) is 0 Å². The summed E-state index contributed by atoms with van der Waals surface area (Å²) < 4.78 is 72.7. The zero-order chi connectivity index (χ0) is 36.5. The number of benzene rings is 3. The van der Waals surface area contributed by atoms with E-state index in [2.05, 4.69) is 29.6 Å². The van der Waals surface area contributed by atoms with E-state index in [1.54, 1.807) is 18.2 Å². The Morgan fingerprint density at radius 3 is 1.40 bits per heavy atom. The first-order valence-electron chi connectivity index (χ1n) is 17.6. The van der Waals surface area contributed by atoms with Crippen LogP contribution in [-0.4, -0.2) is 127 Å². The van der Waals surface area contributed by atoms with Crippen LogP contribution in [0.3, 0.4) is 0 Å². The molecule has 1 amide bonds. The SMILES string of the molecule is O=C(NCCCOCCOCCOCCOCCOCCOCCOCCOS(=O)(=O)c1ccccc1)OCC1c2ccccc2-c2ccccc21. The lowest BCUT2D eigenvalue weighted by Crippen LogP contribution is -2.27. The molecule has 0 unspecified atom stereocenters. The second-order valence-corrected chi connectivity index (χ2v) is 13.1. The molecule has 13 nitrogen and oxygen atoms in total. The third kappa shape index (κ3) is 15.3.